The Labute approximate surface area is 101 Å². The first-order valence-electron chi connectivity index (χ1n) is 5.93. The minimum atomic E-state index is -0.310. The summed E-state index contributed by atoms with van der Waals surface area (Å²) in [7, 11) is 1.95. The van der Waals surface area contributed by atoms with Gasteiger partial charge in [0.1, 0.15) is 5.82 Å². The van der Waals surface area contributed by atoms with Gasteiger partial charge in [-0.2, -0.15) is 0 Å². The van der Waals surface area contributed by atoms with E-state index in [4.69, 9.17) is 0 Å². The molecule has 0 spiro atoms. The SMILES string of the molecule is CNC1CCN(C(=O)c2ccc(F)cc2)CC1. The van der Waals surface area contributed by atoms with Crippen LogP contribution < -0.4 is 5.32 Å². The van der Waals surface area contributed by atoms with Gasteiger partial charge in [0.2, 0.25) is 0 Å². The number of hydrogen-bond donors (Lipinski definition) is 1. The molecular formula is C13H17FN2O. The molecule has 0 unspecified atom stereocenters. The highest BCUT2D eigenvalue weighted by molar-refractivity contribution is 5.94. The zero-order valence-electron chi connectivity index (χ0n) is 9.95. The van der Waals surface area contributed by atoms with E-state index in [1.165, 1.54) is 12.1 Å². The Hall–Kier alpha value is -1.42. The third-order valence-electron chi connectivity index (χ3n) is 3.28. The van der Waals surface area contributed by atoms with E-state index in [2.05, 4.69) is 5.32 Å². The maximum absolute atomic E-state index is 12.8. The molecule has 0 saturated carbocycles. The number of halogens is 1. The topological polar surface area (TPSA) is 32.3 Å². The Morgan fingerprint density at radius 2 is 1.88 bits per heavy atom. The zero-order chi connectivity index (χ0) is 12.3. The largest absolute Gasteiger partial charge is 0.339 e. The summed E-state index contributed by atoms with van der Waals surface area (Å²) in [6.07, 6.45) is 1.95. The summed E-state index contributed by atoms with van der Waals surface area (Å²) in [4.78, 5) is 13.9. The molecule has 1 aliphatic rings. The van der Waals surface area contributed by atoms with Crippen molar-refractivity contribution in [3.05, 3.63) is 35.6 Å². The zero-order valence-corrected chi connectivity index (χ0v) is 9.95. The molecule has 4 heteroatoms. The number of amides is 1. The van der Waals surface area contributed by atoms with Crippen molar-refractivity contribution in [3.63, 3.8) is 0 Å². The first-order valence-corrected chi connectivity index (χ1v) is 5.93. The minimum Gasteiger partial charge on any atom is -0.339 e. The molecule has 3 nitrogen and oxygen atoms in total. The summed E-state index contributed by atoms with van der Waals surface area (Å²) in [6, 6.07) is 6.25. The van der Waals surface area contributed by atoms with Gasteiger partial charge in [-0.3, -0.25) is 4.79 Å². The van der Waals surface area contributed by atoms with Crippen molar-refractivity contribution >= 4 is 5.91 Å². The Kier molecular flexibility index (Phi) is 3.74. The fraction of sp³-hybridized carbons (Fsp3) is 0.462. The fourth-order valence-corrected chi connectivity index (χ4v) is 2.15. The summed E-state index contributed by atoms with van der Waals surface area (Å²) >= 11 is 0. The minimum absolute atomic E-state index is 0.000414. The normalized spacial score (nSPS) is 17.2. The highest BCUT2D eigenvalue weighted by Crippen LogP contribution is 2.14. The molecule has 2 rings (SSSR count). The monoisotopic (exact) mass is 236 g/mol. The maximum atomic E-state index is 12.8. The van der Waals surface area contributed by atoms with Crippen molar-refractivity contribution in [1.29, 1.82) is 0 Å². The van der Waals surface area contributed by atoms with E-state index in [1.807, 2.05) is 11.9 Å². The van der Waals surface area contributed by atoms with E-state index in [0.717, 1.165) is 25.9 Å². The van der Waals surface area contributed by atoms with Gasteiger partial charge in [0, 0.05) is 24.7 Å². The van der Waals surface area contributed by atoms with Gasteiger partial charge in [-0.1, -0.05) is 0 Å². The summed E-state index contributed by atoms with van der Waals surface area (Å²) in [6.45, 7) is 1.53. The van der Waals surface area contributed by atoms with Crippen molar-refractivity contribution in [2.45, 2.75) is 18.9 Å². The Morgan fingerprint density at radius 1 is 1.29 bits per heavy atom. The van der Waals surface area contributed by atoms with Crippen LogP contribution in [-0.4, -0.2) is 37.0 Å². The Bertz CT molecular complexity index is 383. The second kappa shape index (κ2) is 5.27. The number of nitrogens with one attached hydrogen (secondary N) is 1. The molecule has 17 heavy (non-hydrogen) atoms. The van der Waals surface area contributed by atoms with Crippen molar-refractivity contribution in [2.75, 3.05) is 20.1 Å². The van der Waals surface area contributed by atoms with Gasteiger partial charge in [-0.05, 0) is 44.2 Å². The molecule has 1 saturated heterocycles. The van der Waals surface area contributed by atoms with E-state index >= 15 is 0 Å². The standard InChI is InChI=1S/C13H17FN2O/c1-15-12-6-8-16(9-7-12)13(17)10-2-4-11(14)5-3-10/h2-5,12,15H,6-9H2,1H3. The third kappa shape index (κ3) is 2.82. The number of carbonyl (C=O) groups is 1. The van der Waals surface area contributed by atoms with Crippen molar-refractivity contribution < 1.29 is 9.18 Å². The van der Waals surface area contributed by atoms with Gasteiger partial charge in [0.25, 0.3) is 5.91 Å². The molecule has 1 heterocycles. The van der Waals surface area contributed by atoms with Crippen LogP contribution >= 0.6 is 0 Å². The van der Waals surface area contributed by atoms with Crippen LogP contribution in [0.5, 0.6) is 0 Å². The van der Waals surface area contributed by atoms with E-state index in [1.54, 1.807) is 12.1 Å². The summed E-state index contributed by atoms with van der Waals surface area (Å²) in [5, 5.41) is 3.22. The molecule has 1 fully saturated rings. The maximum Gasteiger partial charge on any atom is 0.253 e. The van der Waals surface area contributed by atoms with Crippen LogP contribution in [0.3, 0.4) is 0 Å². The number of nitrogens with zero attached hydrogens (tertiary/aromatic N) is 1. The average molecular weight is 236 g/mol. The Morgan fingerprint density at radius 3 is 2.41 bits per heavy atom. The number of rotatable bonds is 2. The molecule has 1 aromatic rings. The first-order chi connectivity index (χ1) is 8.20. The summed E-state index contributed by atoms with van der Waals surface area (Å²) in [5.74, 6) is -0.310. The Balaban J connectivity index is 1.99. The lowest BCUT2D eigenvalue weighted by Gasteiger charge is -2.31. The van der Waals surface area contributed by atoms with Gasteiger partial charge in [0.15, 0.2) is 0 Å². The highest BCUT2D eigenvalue weighted by Gasteiger charge is 2.22. The number of hydrogen-bond acceptors (Lipinski definition) is 2. The average Bonchev–Trinajstić information content (AvgIpc) is 2.39. The number of carbonyl (C=O) groups excluding carboxylic acids is 1. The van der Waals surface area contributed by atoms with Crippen molar-refractivity contribution in [3.8, 4) is 0 Å². The molecule has 0 atom stereocenters. The predicted octanol–water partition coefficient (Wildman–Crippen LogP) is 1.65. The molecule has 0 bridgehead atoms. The van der Waals surface area contributed by atoms with E-state index in [9.17, 15) is 9.18 Å². The van der Waals surface area contributed by atoms with E-state index < -0.39 is 0 Å². The molecule has 1 amide bonds. The van der Waals surface area contributed by atoms with Crippen LogP contribution in [0.15, 0.2) is 24.3 Å². The predicted molar refractivity (Wildman–Crippen MR) is 64.4 cm³/mol. The summed E-state index contributed by atoms with van der Waals surface area (Å²) < 4.78 is 12.8. The molecule has 0 radical (unpaired) electrons. The van der Waals surface area contributed by atoms with Crippen LogP contribution in [0.2, 0.25) is 0 Å². The number of likely N-dealkylation sites (tertiary alicyclic amines) is 1. The van der Waals surface area contributed by atoms with Gasteiger partial charge in [-0.25, -0.2) is 4.39 Å². The van der Waals surface area contributed by atoms with Crippen LogP contribution in [-0.2, 0) is 0 Å². The van der Waals surface area contributed by atoms with Gasteiger partial charge >= 0.3 is 0 Å². The van der Waals surface area contributed by atoms with Gasteiger partial charge in [0.05, 0.1) is 0 Å². The molecule has 0 aliphatic carbocycles. The van der Waals surface area contributed by atoms with Crippen LogP contribution in [0.25, 0.3) is 0 Å². The molecule has 0 aromatic heterocycles. The van der Waals surface area contributed by atoms with E-state index in [-0.39, 0.29) is 11.7 Å². The lowest BCUT2D eigenvalue weighted by Crippen LogP contribution is -2.43. The fourth-order valence-electron chi connectivity index (χ4n) is 2.15. The molecule has 1 aromatic carbocycles. The molecule has 1 N–H and O–H groups in total. The second-order valence-electron chi connectivity index (χ2n) is 4.36. The summed E-state index contributed by atoms with van der Waals surface area (Å²) in [5.41, 5.74) is 0.564. The van der Waals surface area contributed by atoms with Gasteiger partial charge in [-0.15, -0.1) is 0 Å². The molecule has 1 aliphatic heterocycles. The van der Waals surface area contributed by atoms with Gasteiger partial charge < -0.3 is 10.2 Å². The number of piperidine rings is 1. The smallest absolute Gasteiger partial charge is 0.253 e. The molecular weight excluding hydrogens is 219 g/mol. The van der Waals surface area contributed by atoms with Crippen LogP contribution in [0.4, 0.5) is 4.39 Å². The quantitative estimate of drug-likeness (QED) is 0.846. The number of benzene rings is 1. The first kappa shape index (κ1) is 12.0. The lowest BCUT2D eigenvalue weighted by molar-refractivity contribution is 0.0707. The second-order valence-corrected chi connectivity index (χ2v) is 4.36. The van der Waals surface area contributed by atoms with Crippen LogP contribution in [0.1, 0.15) is 23.2 Å². The van der Waals surface area contributed by atoms with Crippen LogP contribution in [0, 0.1) is 5.82 Å². The third-order valence-corrected chi connectivity index (χ3v) is 3.28. The van der Waals surface area contributed by atoms with Crippen molar-refractivity contribution in [1.82, 2.24) is 10.2 Å². The van der Waals surface area contributed by atoms with Crippen molar-refractivity contribution in [2.24, 2.45) is 0 Å². The highest BCUT2D eigenvalue weighted by atomic mass is 19.1. The van der Waals surface area contributed by atoms with E-state index in [0.29, 0.717) is 11.6 Å². The lowest BCUT2D eigenvalue weighted by atomic mass is 10.0. The molecule has 92 valence electrons.